The van der Waals surface area contributed by atoms with Gasteiger partial charge in [0.25, 0.3) is 18.1 Å². The van der Waals surface area contributed by atoms with Gasteiger partial charge in [-0.1, -0.05) is 6.92 Å². The monoisotopic (exact) mass is 440 g/mol. The minimum absolute atomic E-state index is 0.00283. The number of pyridine rings is 1. The van der Waals surface area contributed by atoms with E-state index in [1.54, 1.807) is 0 Å². The number of likely N-dealkylation sites (tertiary alicyclic amines) is 1. The van der Waals surface area contributed by atoms with Crippen LogP contribution in [0.4, 0.5) is 22.0 Å². The molecule has 3 aromatic rings. The minimum Gasteiger partial charge on any atom is -0.338 e. The highest BCUT2D eigenvalue weighted by molar-refractivity contribution is 5.95. The van der Waals surface area contributed by atoms with E-state index in [1.165, 1.54) is 21.8 Å². The fourth-order valence-corrected chi connectivity index (χ4v) is 3.85. The number of halogens is 5. The molecular formula is C19H17F5N6O. The Bertz CT molecular complexity index is 1110. The first-order valence-electron chi connectivity index (χ1n) is 9.46. The molecule has 4 heterocycles. The molecule has 0 aromatic carbocycles. The van der Waals surface area contributed by atoms with Crippen LogP contribution < -0.4 is 0 Å². The van der Waals surface area contributed by atoms with E-state index in [-0.39, 0.29) is 24.8 Å². The second kappa shape index (κ2) is 7.82. The summed E-state index contributed by atoms with van der Waals surface area (Å²) < 4.78 is 68.0. The Hall–Kier alpha value is -3.18. The lowest BCUT2D eigenvalue weighted by atomic mass is 9.84. The van der Waals surface area contributed by atoms with Gasteiger partial charge in [0.2, 0.25) is 0 Å². The van der Waals surface area contributed by atoms with Crippen molar-refractivity contribution in [2.24, 2.45) is 5.92 Å². The van der Waals surface area contributed by atoms with Crippen LogP contribution in [-0.2, 0) is 6.18 Å². The van der Waals surface area contributed by atoms with Crippen LogP contribution in [0.1, 0.15) is 53.0 Å². The van der Waals surface area contributed by atoms with Crippen LogP contribution in [0.15, 0.2) is 30.9 Å². The van der Waals surface area contributed by atoms with Crippen molar-refractivity contribution in [3.05, 3.63) is 53.4 Å². The molecule has 31 heavy (non-hydrogen) atoms. The van der Waals surface area contributed by atoms with Gasteiger partial charge in [-0.3, -0.25) is 9.78 Å². The van der Waals surface area contributed by atoms with E-state index in [0.717, 1.165) is 12.3 Å². The van der Waals surface area contributed by atoms with E-state index in [9.17, 15) is 26.7 Å². The molecule has 164 valence electrons. The zero-order valence-electron chi connectivity index (χ0n) is 16.2. The smallest absolute Gasteiger partial charge is 0.338 e. The van der Waals surface area contributed by atoms with Gasteiger partial charge >= 0.3 is 6.18 Å². The van der Waals surface area contributed by atoms with Crippen LogP contribution in [-0.4, -0.2) is 48.5 Å². The topological polar surface area (TPSA) is 76.3 Å². The lowest BCUT2D eigenvalue weighted by molar-refractivity contribution is -0.138. The van der Waals surface area contributed by atoms with Crippen molar-refractivity contribution in [3.63, 3.8) is 0 Å². The highest BCUT2D eigenvalue weighted by Gasteiger charge is 2.38. The number of carbonyl (C=O) groups excluding carboxylic acids is 1. The van der Waals surface area contributed by atoms with Crippen LogP contribution in [0, 0.1) is 5.92 Å². The summed E-state index contributed by atoms with van der Waals surface area (Å²) in [5.41, 5.74) is -1.70. The maximum absolute atomic E-state index is 13.3. The molecule has 0 radical (unpaired) electrons. The molecule has 1 aliphatic heterocycles. The van der Waals surface area contributed by atoms with E-state index in [0.29, 0.717) is 18.3 Å². The van der Waals surface area contributed by atoms with Crippen molar-refractivity contribution in [1.29, 1.82) is 0 Å². The summed E-state index contributed by atoms with van der Waals surface area (Å²) in [6, 6.07) is 2.25. The van der Waals surface area contributed by atoms with Crippen molar-refractivity contribution in [3.8, 4) is 0 Å². The van der Waals surface area contributed by atoms with Gasteiger partial charge in [0.05, 0.1) is 16.8 Å². The summed E-state index contributed by atoms with van der Waals surface area (Å²) in [4.78, 5) is 25.4. The maximum atomic E-state index is 13.3. The SMILES string of the molecule is C[C@@H]1CCN(C(=O)c2ccncc2C(F)(F)F)C[C@H]1c1cc(C(F)F)nc2ncnn12. The number of rotatable bonds is 3. The van der Waals surface area contributed by atoms with Crippen molar-refractivity contribution < 1.29 is 26.7 Å². The molecule has 1 saturated heterocycles. The number of carbonyl (C=O) groups is 1. The minimum atomic E-state index is -4.73. The Morgan fingerprint density at radius 3 is 2.77 bits per heavy atom. The van der Waals surface area contributed by atoms with Crippen LogP contribution in [0.2, 0.25) is 0 Å². The molecule has 0 N–H and O–H groups in total. The molecule has 7 nitrogen and oxygen atoms in total. The molecule has 2 atom stereocenters. The highest BCUT2D eigenvalue weighted by atomic mass is 19.4. The van der Waals surface area contributed by atoms with Gasteiger partial charge < -0.3 is 4.90 Å². The quantitative estimate of drug-likeness (QED) is 0.580. The molecule has 1 fully saturated rings. The molecule has 0 spiro atoms. The first-order chi connectivity index (χ1) is 14.7. The third kappa shape index (κ3) is 3.93. The molecule has 0 unspecified atom stereocenters. The third-order valence-corrected chi connectivity index (χ3v) is 5.51. The fraction of sp³-hybridized carbons (Fsp3) is 0.421. The summed E-state index contributed by atoms with van der Waals surface area (Å²) in [5.74, 6) is -1.27. The molecule has 4 rings (SSSR count). The molecule has 1 amide bonds. The highest BCUT2D eigenvalue weighted by Crippen LogP contribution is 2.36. The van der Waals surface area contributed by atoms with Crippen LogP contribution >= 0.6 is 0 Å². The lowest BCUT2D eigenvalue weighted by Gasteiger charge is -2.37. The Labute approximate surface area is 172 Å². The number of piperidine rings is 1. The summed E-state index contributed by atoms with van der Waals surface area (Å²) in [6.45, 7) is 2.18. The van der Waals surface area contributed by atoms with Crippen LogP contribution in [0.25, 0.3) is 5.78 Å². The molecule has 1 aliphatic rings. The van der Waals surface area contributed by atoms with E-state index in [2.05, 4.69) is 20.1 Å². The average molecular weight is 440 g/mol. The first-order valence-corrected chi connectivity index (χ1v) is 9.46. The predicted octanol–water partition coefficient (Wildman–Crippen LogP) is 3.74. The van der Waals surface area contributed by atoms with E-state index in [4.69, 9.17) is 0 Å². The zero-order valence-corrected chi connectivity index (χ0v) is 16.2. The lowest BCUT2D eigenvalue weighted by Crippen LogP contribution is -2.43. The maximum Gasteiger partial charge on any atom is 0.418 e. The predicted molar refractivity (Wildman–Crippen MR) is 97.4 cm³/mol. The Morgan fingerprint density at radius 1 is 1.29 bits per heavy atom. The number of fused-ring (bicyclic) bond motifs is 1. The van der Waals surface area contributed by atoms with Gasteiger partial charge in [-0.05, 0) is 24.5 Å². The molecule has 3 aromatic heterocycles. The van der Waals surface area contributed by atoms with Gasteiger partial charge in [-0.2, -0.15) is 23.3 Å². The van der Waals surface area contributed by atoms with E-state index < -0.39 is 41.2 Å². The third-order valence-electron chi connectivity index (χ3n) is 5.51. The number of hydrogen-bond acceptors (Lipinski definition) is 5. The first kappa shape index (κ1) is 21.1. The summed E-state index contributed by atoms with van der Waals surface area (Å²) in [6.07, 6.45) is -4.15. The van der Waals surface area contributed by atoms with E-state index in [1.807, 2.05) is 6.92 Å². The normalized spacial score (nSPS) is 19.9. The van der Waals surface area contributed by atoms with Gasteiger partial charge in [-0.25, -0.2) is 18.3 Å². The Balaban J connectivity index is 1.70. The molecule has 0 aliphatic carbocycles. The van der Waals surface area contributed by atoms with Gasteiger partial charge in [0, 0.05) is 31.4 Å². The van der Waals surface area contributed by atoms with Crippen LogP contribution in [0.5, 0.6) is 0 Å². The second-order valence-electron chi connectivity index (χ2n) is 7.42. The number of aromatic nitrogens is 5. The van der Waals surface area contributed by atoms with E-state index >= 15 is 0 Å². The number of hydrogen-bond donors (Lipinski definition) is 0. The molecule has 0 bridgehead atoms. The number of amides is 1. The molecule has 12 heteroatoms. The Kier molecular flexibility index (Phi) is 5.31. The average Bonchev–Trinajstić information content (AvgIpc) is 3.21. The van der Waals surface area contributed by atoms with Crippen molar-refractivity contribution >= 4 is 11.7 Å². The molecule has 0 saturated carbocycles. The second-order valence-corrected chi connectivity index (χ2v) is 7.42. The van der Waals surface area contributed by atoms with Gasteiger partial charge in [0.15, 0.2) is 0 Å². The standard InChI is InChI=1S/C19H17F5N6O/c1-10-3-5-29(17(31)11-2-4-25-7-13(11)19(22,23)24)8-12(10)15-6-14(16(20)21)28-18-26-9-27-30(15)18/h2,4,6-7,9-10,12,16H,3,5,8H2,1H3/t10-,12-/m1/s1. The summed E-state index contributed by atoms with van der Waals surface area (Å²) in [7, 11) is 0. The largest absolute Gasteiger partial charge is 0.418 e. The summed E-state index contributed by atoms with van der Waals surface area (Å²) >= 11 is 0. The van der Waals surface area contributed by atoms with Crippen LogP contribution in [0.3, 0.4) is 0 Å². The number of alkyl halides is 5. The molecular weight excluding hydrogens is 423 g/mol. The van der Waals surface area contributed by atoms with Crippen molar-refractivity contribution in [2.45, 2.75) is 31.9 Å². The van der Waals surface area contributed by atoms with Crippen molar-refractivity contribution in [2.75, 3.05) is 13.1 Å². The van der Waals surface area contributed by atoms with Gasteiger partial charge in [-0.15, -0.1) is 0 Å². The van der Waals surface area contributed by atoms with Crippen molar-refractivity contribution in [1.82, 2.24) is 29.5 Å². The zero-order chi connectivity index (χ0) is 22.3. The summed E-state index contributed by atoms with van der Waals surface area (Å²) in [5, 5.41) is 4.04. The number of nitrogens with zero attached hydrogens (tertiary/aromatic N) is 6. The van der Waals surface area contributed by atoms with Gasteiger partial charge in [0.1, 0.15) is 12.0 Å². The Morgan fingerprint density at radius 2 is 2.06 bits per heavy atom. The fourth-order valence-electron chi connectivity index (χ4n) is 3.85.